The summed E-state index contributed by atoms with van der Waals surface area (Å²) in [4.78, 5) is 34.2. The van der Waals surface area contributed by atoms with Crippen molar-refractivity contribution >= 4 is 34.8 Å². The maximum atomic E-state index is 13.6. The van der Waals surface area contributed by atoms with Crippen LogP contribution in [0.4, 0.5) is 11.4 Å². The first-order valence-corrected chi connectivity index (χ1v) is 10.3. The van der Waals surface area contributed by atoms with Crippen molar-refractivity contribution in [3.05, 3.63) is 89.4 Å². The number of rotatable bonds is 4. The van der Waals surface area contributed by atoms with Gasteiger partial charge in [0.1, 0.15) is 11.7 Å². The summed E-state index contributed by atoms with van der Waals surface area (Å²) >= 11 is 5.98. The minimum Gasteiger partial charge on any atom is -0.496 e. The molecular weight excluding hydrogens is 416 g/mol. The number of benzene rings is 3. The van der Waals surface area contributed by atoms with Crippen LogP contribution < -0.4 is 14.7 Å². The maximum absolute atomic E-state index is 13.6. The van der Waals surface area contributed by atoms with Gasteiger partial charge in [-0.3, -0.25) is 14.4 Å². The van der Waals surface area contributed by atoms with Gasteiger partial charge in [0.2, 0.25) is 5.91 Å². The number of ether oxygens (including phenoxy) is 1. The van der Waals surface area contributed by atoms with Crippen LogP contribution in [0.2, 0.25) is 5.02 Å². The molecule has 0 aromatic heterocycles. The Morgan fingerprint density at radius 3 is 2.23 bits per heavy atom. The monoisotopic (exact) mass is 434 g/mol. The van der Waals surface area contributed by atoms with Gasteiger partial charge in [0.25, 0.3) is 5.91 Å². The average molecular weight is 435 g/mol. The molecule has 0 bridgehead atoms. The lowest BCUT2D eigenvalue weighted by Gasteiger charge is -2.29. The van der Waals surface area contributed by atoms with Crippen molar-refractivity contribution in [3.63, 3.8) is 0 Å². The van der Waals surface area contributed by atoms with E-state index in [1.807, 2.05) is 54.6 Å². The van der Waals surface area contributed by atoms with Crippen molar-refractivity contribution < 1.29 is 19.2 Å². The van der Waals surface area contributed by atoms with Crippen molar-refractivity contribution in [1.29, 1.82) is 0 Å². The molecule has 3 aromatic rings. The van der Waals surface area contributed by atoms with E-state index < -0.39 is 24.0 Å². The summed E-state index contributed by atoms with van der Waals surface area (Å²) in [6.07, 6.45) is -0.932. The number of anilines is 2. The largest absolute Gasteiger partial charge is 0.496 e. The minimum atomic E-state index is -0.932. The molecule has 2 fully saturated rings. The highest BCUT2D eigenvalue weighted by atomic mass is 35.5. The van der Waals surface area contributed by atoms with Gasteiger partial charge in [-0.05, 0) is 42.5 Å². The van der Waals surface area contributed by atoms with E-state index in [1.165, 1.54) is 4.90 Å². The lowest BCUT2D eigenvalue weighted by molar-refractivity contribution is -0.126. The van der Waals surface area contributed by atoms with E-state index in [9.17, 15) is 9.59 Å². The molecule has 3 atom stereocenters. The summed E-state index contributed by atoms with van der Waals surface area (Å²) < 4.78 is 5.57. The molecule has 7 heteroatoms. The van der Waals surface area contributed by atoms with Gasteiger partial charge in [0.05, 0.1) is 24.5 Å². The molecule has 31 heavy (non-hydrogen) atoms. The summed E-state index contributed by atoms with van der Waals surface area (Å²) in [6, 6.07) is 23.0. The summed E-state index contributed by atoms with van der Waals surface area (Å²) in [7, 11) is 1.58. The van der Waals surface area contributed by atoms with Gasteiger partial charge < -0.3 is 4.74 Å². The second kappa shape index (κ2) is 7.72. The van der Waals surface area contributed by atoms with Gasteiger partial charge in [-0.25, -0.2) is 9.96 Å². The second-order valence-electron chi connectivity index (χ2n) is 7.39. The molecule has 3 unspecified atom stereocenters. The van der Waals surface area contributed by atoms with Gasteiger partial charge in [-0.2, -0.15) is 0 Å². The number of nitrogens with zero attached hydrogens (tertiary/aromatic N) is 2. The van der Waals surface area contributed by atoms with Crippen LogP contribution >= 0.6 is 11.6 Å². The number of para-hydroxylation sites is 2. The molecule has 2 heterocycles. The Kier molecular flexibility index (Phi) is 4.88. The highest BCUT2D eigenvalue weighted by Gasteiger charge is 2.60. The van der Waals surface area contributed by atoms with Crippen molar-refractivity contribution in [3.8, 4) is 5.75 Å². The van der Waals surface area contributed by atoms with Crippen molar-refractivity contribution in [2.45, 2.75) is 12.1 Å². The van der Waals surface area contributed by atoms with Crippen LogP contribution in [0.1, 0.15) is 11.6 Å². The van der Waals surface area contributed by atoms with Crippen LogP contribution in [0.15, 0.2) is 78.9 Å². The van der Waals surface area contributed by atoms with Crippen molar-refractivity contribution in [2.75, 3.05) is 17.1 Å². The number of hydrogen-bond donors (Lipinski definition) is 0. The smallest absolute Gasteiger partial charge is 0.266 e. The number of fused-ring (bicyclic) bond motifs is 1. The Hall–Kier alpha value is -3.35. The van der Waals surface area contributed by atoms with E-state index in [0.717, 1.165) is 11.3 Å². The van der Waals surface area contributed by atoms with E-state index in [1.54, 1.807) is 36.4 Å². The first kappa shape index (κ1) is 19.6. The zero-order valence-corrected chi connectivity index (χ0v) is 17.4. The highest BCUT2D eigenvalue weighted by Crippen LogP contribution is 2.49. The topological polar surface area (TPSA) is 59.1 Å². The van der Waals surface area contributed by atoms with E-state index in [2.05, 4.69) is 0 Å². The second-order valence-corrected chi connectivity index (χ2v) is 7.82. The summed E-state index contributed by atoms with van der Waals surface area (Å²) in [5.41, 5.74) is 2.01. The van der Waals surface area contributed by atoms with Crippen LogP contribution in [-0.4, -0.2) is 25.0 Å². The zero-order valence-electron chi connectivity index (χ0n) is 16.6. The highest BCUT2D eigenvalue weighted by molar-refractivity contribution is 6.31. The molecule has 0 aliphatic carbocycles. The summed E-state index contributed by atoms with van der Waals surface area (Å²) in [5, 5.41) is 2.18. The third kappa shape index (κ3) is 3.15. The Morgan fingerprint density at radius 1 is 0.839 bits per heavy atom. The molecule has 2 aliphatic heterocycles. The Morgan fingerprint density at radius 2 is 1.52 bits per heavy atom. The zero-order chi connectivity index (χ0) is 21.5. The van der Waals surface area contributed by atoms with Crippen LogP contribution in [0, 0.1) is 5.92 Å². The Balaban J connectivity index is 1.61. The fourth-order valence-corrected chi connectivity index (χ4v) is 4.41. The molecule has 0 N–H and O–H groups in total. The SMILES string of the molecule is COc1ccccc1C1C2C(=O)N(c3ccc(Cl)cc3)C(=O)C2ON1c1ccccc1. The Bertz CT molecular complexity index is 1140. The van der Waals surface area contributed by atoms with E-state index in [0.29, 0.717) is 16.5 Å². The molecule has 0 saturated carbocycles. The number of carbonyl (C=O) groups is 2. The van der Waals surface area contributed by atoms with Crippen LogP contribution in [0.25, 0.3) is 0 Å². The molecule has 2 amide bonds. The quantitative estimate of drug-likeness (QED) is 0.570. The van der Waals surface area contributed by atoms with E-state index >= 15 is 0 Å². The number of imide groups is 1. The van der Waals surface area contributed by atoms with Crippen molar-refractivity contribution in [1.82, 2.24) is 0 Å². The van der Waals surface area contributed by atoms with Gasteiger partial charge in [-0.15, -0.1) is 0 Å². The Labute approximate surface area is 184 Å². The summed E-state index contributed by atoms with van der Waals surface area (Å²) in [6.45, 7) is 0. The standard InChI is InChI=1S/C24H19ClN2O4/c1-30-19-10-6-5-9-18(19)21-20-22(31-27(21)17-7-3-2-4-8-17)24(29)26(23(20)28)16-13-11-15(25)12-14-16/h2-14,20-22H,1H3. The molecule has 5 rings (SSSR count). The molecule has 0 radical (unpaired) electrons. The van der Waals surface area contributed by atoms with Gasteiger partial charge >= 0.3 is 0 Å². The molecular formula is C24H19ClN2O4. The first-order valence-electron chi connectivity index (χ1n) is 9.87. The third-order valence-corrected chi connectivity index (χ3v) is 5.92. The van der Waals surface area contributed by atoms with Gasteiger partial charge in [0, 0.05) is 10.6 Å². The first-order chi connectivity index (χ1) is 15.1. The number of amides is 2. The van der Waals surface area contributed by atoms with Crippen molar-refractivity contribution in [2.24, 2.45) is 5.92 Å². The lowest BCUT2D eigenvalue weighted by Crippen LogP contribution is -2.37. The molecule has 156 valence electrons. The fourth-order valence-electron chi connectivity index (χ4n) is 4.28. The number of halogens is 1. The van der Waals surface area contributed by atoms with Crippen LogP contribution in [0.5, 0.6) is 5.75 Å². The summed E-state index contributed by atoms with van der Waals surface area (Å²) in [5.74, 6) is -0.801. The van der Waals surface area contributed by atoms with E-state index in [-0.39, 0.29) is 5.91 Å². The molecule has 2 aliphatic rings. The normalized spacial score (nSPS) is 22.7. The van der Waals surface area contributed by atoms with Gasteiger partial charge in [0.15, 0.2) is 6.10 Å². The van der Waals surface area contributed by atoms with Crippen LogP contribution in [-0.2, 0) is 14.4 Å². The minimum absolute atomic E-state index is 0.313. The molecule has 6 nitrogen and oxygen atoms in total. The number of methoxy groups -OCH3 is 1. The third-order valence-electron chi connectivity index (χ3n) is 5.67. The molecule has 3 aromatic carbocycles. The number of hydroxylamine groups is 1. The van der Waals surface area contributed by atoms with Crippen LogP contribution in [0.3, 0.4) is 0 Å². The molecule has 0 spiro atoms. The molecule has 2 saturated heterocycles. The number of carbonyl (C=O) groups excluding carboxylic acids is 2. The average Bonchev–Trinajstić information content (AvgIpc) is 3.31. The fraction of sp³-hybridized carbons (Fsp3) is 0.167. The lowest BCUT2D eigenvalue weighted by atomic mass is 9.90. The predicted octanol–water partition coefficient (Wildman–Crippen LogP) is 4.40. The maximum Gasteiger partial charge on any atom is 0.266 e. The number of hydrogen-bond acceptors (Lipinski definition) is 5. The van der Waals surface area contributed by atoms with E-state index in [4.69, 9.17) is 21.2 Å². The van der Waals surface area contributed by atoms with Gasteiger partial charge in [-0.1, -0.05) is 48.0 Å². The predicted molar refractivity (Wildman–Crippen MR) is 117 cm³/mol.